The van der Waals surface area contributed by atoms with Gasteiger partial charge in [-0.15, -0.1) is 0 Å². The van der Waals surface area contributed by atoms with Crippen molar-refractivity contribution in [1.82, 2.24) is 4.98 Å². The number of hydrogen-bond donors (Lipinski definition) is 3. The average molecular weight is 404 g/mol. The summed E-state index contributed by atoms with van der Waals surface area (Å²) in [5, 5.41) is 12.9. The van der Waals surface area contributed by atoms with Gasteiger partial charge in [0.25, 0.3) is 0 Å². The van der Waals surface area contributed by atoms with E-state index >= 15 is 0 Å². The lowest BCUT2D eigenvalue weighted by molar-refractivity contribution is 0.203. The highest BCUT2D eigenvalue weighted by atomic mass is 35.5. The van der Waals surface area contributed by atoms with Crippen molar-refractivity contribution >= 4 is 33.0 Å². The number of halogens is 2. The molecule has 142 valence electrons. The zero-order valence-electron chi connectivity index (χ0n) is 14.2. The van der Waals surface area contributed by atoms with Crippen LogP contribution in [0.2, 0.25) is 5.02 Å². The van der Waals surface area contributed by atoms with E-state index in [1.807, 2.05) is 0 Å². The molecule has 1 aromatic carbocycles. The number of ether oxygens (including phenoxy) is 1. The van der Waals surface area contributed by atoms with Gasteiger partial charge in [-0.25, -0.2) is 17.8 Å². The van der Waals surface area contributed by atoms with Gasteiger partial charge in [0.2, 0.25) is 15.9 Å². The van der Waals surface area contributed by atoms with Gasteiger partial charge in [-0.05, 0) is 24.6 Å². The van der Waals surface area contributed by atoms with Crippen molar-refractivity contribution in [2.75, 3.05) is 22.9 Å². The topological polar surface area (TPSA) is 101 Å². The van der Waals surface area contributed by atoms with E-state index in [-0.39, 0.29) is 22.0 Å². The molecule has 0 aliphatic carbocycles. The van der Waals surface area contributed by atoms with Gasteiger partial charge < -0.3 is 15.2 Å². The van der Waals surface area contributed by atoms with Gasteiger partial charge in [-0.1, -0.05) is 18.5 Å². The minimum absolute atomic E-state index is 0.0533. The van der Waals surface area contributed by atoms with Crippen LogP contribution in [0.25, 0.3) is 0 Å². The molecule has 1 aromatic heterocycles. The summed E-state index contributed by atoms with van der Waals surface area (Å²) in [6.45, 7) is 1.69. The summed E-state index contributed by atoms with van der Waals surface area (Å²) < 4.78 is 45.5. The predicted octanol–water partition coefficient (Wildman–Crippen LogP) is 3.14. The van der Waals surface area contributed by atoms with E-state index in [2.05, 4.69) is 15.0 Å². The molecular formula is C16H19ClFN3O4S. The van der Waals surface area contributed by atoms with Crippen LogP contribution in [0.5, 0.6) is 5.88 Å². The number of anilines is 2. The molecular weight excluding hydrogens is 385 g/mol. The quantitative estimate of drug-likeness (QED) is 0.585. The number of hydrogen-bond acceptors (Lipinski definition) is 6. The molecule has 26 heavy (non-hydrogen) atoms. The van der Waals surface area contributed by atoms with Crippen molar-refractivity contribution in [3.05, 3.63) is 46.9 Å². The van der Waals surface area contributed by atoms with Crippen LogP contribution in [-0.2, 0) is 10.0 Å². The summed E-state index contributed by atoms with van der Waals surface area (Å²) in [4.78, 5) is 3.96. The third-order valence-corrected chi connectivity index (χ3v) is 5.19. The summed E-state index contributed by atoms with van der Waals surface area (Å²) in [6.07, 6.45) is 0.251. The van der Waals surface area contributed by atoms with E-state index in [1.165, 1.54) is 25.4 Å². The first-order valence-electron chi connectivity index (χ1n) is 7.70. The fourth-order valence-electron chi connectivity index (χ4n) is 2.20. The summed E-state index contributed by atoms with van der Waals surface area (Å²) in [7, 11) is -2.23. The highest BCUT2D eigenvalue weighted by molar-refractivity contribution is 7.92. The molecule has 0 amide bonds. The molecule has 0 saturated heterocycles. The Bertz CT molecular complexity index is 863. The number of pyridine rings is 1. The number of aromatic nitrogens is 1. The highest BCUT2D eigenvalue weighted by Gasteiger charge is 2.22. The van der Waals surface area contributed by atoms with Crippen molar-refractivity contribution in [2.24, 2.45) is 0 Å². The average Bonchev–Trinajstić information content (AvgIpc) is 2.58. The molecule has 2 rings (SSSR count). The molecule has 7 nitrogen and oxygen atoms in total. The van der Waals surface area contributed by atoms with E-state index in [0.29, 0.717) is 18.0 Å². The smallest absolute Gasteiger partial charge is 0.232 e. The first-order chi connectivity index (χ1) is 12.3. The standard InChI is InChI=1S/C16H19ClFN3O4S/c1-3-8-26(23,24)21-12-6-5-11(17)14(15(12)18)16(22)20-10-4-7-13(25-2)19-9-10/h4-7,9,16,20-22H,3,8H2,1-2H3. The minimum atomic E-state index is -3.69. The third-order valence-electron chi connectivity index (χ3n) is 3.39. The molecule has 0 aliphatic rings. The Hall–Kier alpha value is -2.10. The monoisotopic (exact) mass is 403 g/mol. The van der Waals surface area contributed by atoms with Crippen molar-refractivity contribution in [3.8, 4) is 5.88 Å². The number of methoxy groups -OCH3 is 1. The molecule has 0 saturated carbocycles. The van der Waals surface area contributed by atoms with Crippen molar-refractivity contribution in [2.45, 2.75) is 19.6 Å². The maximum atomic E-state index is 14.7. The van der Waals surface area contributed by atoms with E-state index in [1.54, 1.807) is 19.1 Å². The zero-order chi connectivity index (χ0) is 19.3. The molecule has 0 aliphatic heterocycles. The zero-order valence-corrected chi connectivity index (χ0v) is 15.7. The predicted molar refractivity (Wildman–Crippen MR) is 98.5 cm³/mol. The number of nitrogens with one attached hydrogen (secondary N) is 2. The number of aliphatic hydroxyl groups is 1. The molecule has 3 N–H and O–H groups in total. The number of rotatable bonds is 8. The molecule has 10 heteroatoms. The van der Waals surface area contributed by atoms with Gasteiger partial charge in [0, 0.05) is 6.07 Å². The van der Waals surface area contributed by atoms with Crippen LogP contribution in [0.3, 0.4) is 0 Å². The molecule has 1 atom stereocenters. The summed E-state index contributed by atoms with van der Waals surface area (Å²) in [5.74, 6) is -0.733. The SMILES string of the molecule is CCCS(=O)(=O)Nc1ccc(Cl)c(C(O)Nc2ccc(OC)nc2)c1F. The second-order valence-electron chi connectivity index (χ2n) is 5.38. The first-order valence-corrected chi connectivity index (χ1v) is 9.73. The Kier molecular flexibility index (Phi) is 6.63. The van der Waals surface area contributed by atoms with Gasteiger partial charge in [0.1, 0.15) is 0 Å². The van der Waals surface area contributed by atoms with Gasteiger partial charge in [0.05, 0.1) is 41.0 Å². The molecule has 0 radical (unpaired) electrons. The lowest BCUT2D eigenvalue weighted by Gasteiger charge is -2.18. The number of benzene rings is 1. The van der Waals surface area contributed by atoms with Gasteiger partial charge in [0.15, 0.2) is 12.0 Å². The maximum Gasteiger partial charge on any atom is 0.232 e. The Labute approximate surface area is 156 Å². The maximum absolute atomic E-state index is 14.7. The van der Waals surface area contributed by atoms with E-state index in [9.17, 15) is 17.9 Å². The van der Waals surface area contributed by atoms with Crippen molar-refractivity contribution in [3.63, 3.8) is 0 Å². The molecule has 1 heterocycles. The largest absolute Gasteiger partial charge is 0.481 e. The molecule has 0 spiro atoms. The van der Waals surface area contributed by atoms with Gasteiger partial charge >= 0.3 is 0 Å². The van der Waals surface area contributed by atoms with E-state index < -0.39 is 22.1 Å². The fraction of sp³-hybridized carbons (Fsp3) is 0.312. The van der Waals surface area contributed by atoms with Crippen LogP contribution in [0.4, 0.5) is 15.8 Å². The summed E-state index contributed by atoms with van der Waals surface area (Å²) >= 11 is 5.99. The summed E-state index contributed by atoms with van der Waals surface area (Å²) in [6, 6.07) is 5.65. The molecule has 0 bridgehead atoms. The van der Waals surface area contributed by atoms with Crippen LogP contribution in [0, 0.1) is 5.82 Å². The molecule has 0 fully saturated rings. The fourth-order valence-corrected chi connectivity index (χ4v) is 3.58. The number of aliphatic hydroxyl groups excluding tert-OH is 1. The Morgan fingerprint density at radius 1 is 1.35 bits per heavy atom. The van der Waals surface area contributed by atoms with Crippen LogP contribution in [0.1, 0.15) is 25.1 Å². The lowest BCUT2D eigenvalue weighted by Crippen LogP contribution is -2.19. The summed E-state index contributed by atoms with van der Waals surface area (Å²) in [5.41, 5.74) is -0.170. The van der Waals surface area contributed by atoms with Crippen LogP contribution < -0.4 is 14.8 Å². The normalized spacial score (nSPS) is 12.5. The number of nitrogens with zero attached hydrogens (tertiary/aromatic N) is 1. The third kappa shape index (κ3) is 4.96. The lowest BCUT2D eigenvalue weighted by atomic mass is 10.1. The second kappa shape index (κ2) is 8.52. The van der Waals surface area contributed by atoms with Crippen LogP contribution in [0.15, 0.2) is 30.5 Å². The second-order valence-corrected chi connectivity index (χ2v) is 7.63. The minimum Gasteiger partial charge on any atom is -0.481 e. The molecule has 2 aromatic rings. The van der Waals surface area contributed by atoms with Gasteiger partial charge in [-0.3, -0.25) is 4.72 Å². The number of sulfonamides is 1. The Balaban J connectivity index is 2.28. The van der Waals surface area contributed by atoms with E-state index in [0.717, 1.165) is 0 Å². The Morgan fingerprint density at radius 3 is 2.65 bits per heavy atom. The van der Waals surface area contributed by atoms with Crippen molar-refractivity contribution < 1.29 is 22.7 Å². The first kappa shape index (κ1) is 20.2. The van der Waals surface area contributed by atoms with E-state index in [4.69, 9.17) is 16.3 Å². The van der Waals surface area contributed by atoms with Crippen molar-refractivity contribution in [1.29, 1.82) is 0 Å². The Morgan fingerprint density at radius 2 is 2.08 bits per heavy atom. The van der Waals surface area contributed by atoms with Crippen LogP contribution >= 0.6 is 11.6 Å². The van der Waals surface area contributed by atoms with Gasteiger partial charge in [-0.2, -0.15) is 0 Å². The highest BCUT2D eigenvalue weighted by Crippen LogP contribution is 2.32. The van der Waals surface area contributed by atoms with Crippen LogP contribution in [-0.4, -0.2) is 31.4 Å². The molecule has 1 unspecified atom stereocenters.